The number of amides is 1. The van der Waals surface area contributed by atoms with Crippen LogP contribution in [0.1, 0.15) is 11.1 Å². The lowest BCUT2D eigenvalue weighted by molar-refractivity contribution is -0.120. The molecule has 0 aromatic heterocycles. The van der Waals surface area contributed by atoms with E-state index >= 15 is 0 Å². The number of hydrogen-bond donors (Lipinski definition) is 0. The predicted molar refractivity (Wildman–Crippen MR) is 87.8 cm³/mol. The molecule has 0 aliphatic carbocycles. The van der Waals surface area contributed by atoms with E-state index in [-0.39, 0.29) is 12.5 Å². The largest absolute Gasteiger partial charge is 0.493 e. The Morgan fingerprint density at radius 1 is 1.22 bits per heavy atom. The quantitative estimate of drug-likeness (QED) is 0.852. The SMILES string of the molecule is COc1cc(C#N)ccc1OCC(=O)N(C)c1cccc(C)c1. The fraction of sp³-hybridized carbons (Fsp3) is 0.222. The Hall–Kier alpha value is -3.00. The number of nitriles is 1. The smallest absolute Gasteiger partial charge is 0.264 e. The summed E-state index contributed by atoms with van der Waals surface area (Å²) in [7, 11) is 3.19. The van der Waals surface area contributed by atoms with Gasteiger partial charge in [-0.15, -0.1) is 0 Å². The van der Waals surface area contributed by atoms with Crippen molar-refractivity contribution in [2.24, 2.45) is 0 Å². The van der Waals surface area contributed by atoms with Gasteiger partial charge in [-0.3, -0.25) is 4.79 Å². The third-order valence-electron chi connectivity index (χ3n) is 3.41. The highest BCUT2D eigenvalue weighted by Crippen LogP contribution is 2.28. The van der Waals surface area contributed by atoms with Crippen LogP contribution in [0.5, 0.6) is 11.5 Å². The fourth-order valence-corrected chi connectivity index (χ4v) is 2.07. The summed E-state index contributed by atoms with van der Waals surface area (Å²) in [6, 6.07) is 14.5. The summed E-state index contributed by atoms with van der Waals surface area (Å²) < 4.78 is 10.7. The molecule has 0 spiro atoms. The van der Waals surface area contributed by atoms with Gasteiger partial charge in [0.15, 0.2) is 18.1 Å². The molecule has 23 heavy (non-hydrogen) atoms. The van der Waals surface area contributed by atoms with E-state index in [1.54, 1.807) is 30.1 Å². The molecule has 0 radical (unpaired) electrons. The Morgan fingerprint density at radius 3 is 2.65 bits per heavy atom. The van der Waals surface area contributed by atoms with E-state index in [0.29, 0.717) is 17.1 Å². The minimum absolute atomic E-state index is 0.118. The maximum atomic E-state index is 12.3. The van der Waals surface area contributed by atoms with E-state index < -0.39 is 0 Å². The first kappa shape index (κ1) is 16.4. The minimum Gasteiger partial charge on any atom is -0.493 e. The molecule has 1 amide bonds. The molecule has 0 bridgehead atoms. The third kappa shape index (κ3) is 4.01. The molecule has 118 valence electrons. The molecule has 0 atom stereocenters. The molecular formula is C18H18N2O3. The van der Waals surface area contributed by atoms with Crippen LogP contribution in [0.25, 0.3) is 0 Å². The number of anilines is 1. The van der Waals surface area contributed by atoms with Crippen molar-refractivity contribution in [3.05, 3.63) is 53.6 Å². The van der Waals surface area contributed by atoms with Crippen LogP contribution in [0, 0.1) is 18.3 Å². The van der Waals surface area contributed by atoms with Gasteiger partial charge < -0.3 is 14.4 Å². The van der Waals surface area contributed by atoms with E-state index in [9.17, 15) is 4.79 Å². The highest BCUT2D eigenvalue weighted by atomic mass is 16.5. The number of rotatable bonds is 5. The lowest BCUT2D eigenvalue weighted by atomic mass is 10.2. The molecule has 0 aliphatic rings. The maximum absolute atomic E-state index is 12.3. The third-order valence-corrected chi connectivity index (χ3v) is 3.41. The molecule has 5 heteroatoms. The first-order chi connectivity index (χ1) is 11.0. The normalized spacial score (nSPS) is 9.83. The van der Waals surface area contributed by atoms with Gasteiger partial charge in [0.05, 0.1) is 18.7 Å². The van der Waals surface area contributed by atoms with Gasteiger partial charge in [0.25, 0.3) is 5.91 Å². The first-order valence-electron chi connectivity index (χ1n) is 7.09. The number of aryl methyl sites for hydroxylation is 1. The summed E-state index contributed by atoms with van der Waals surface area (Å²) in [6.07, 6.45) is 0. The van der Waals surface area contributed by atoms with Crippen LogP contribution in [0.4, 0.5) is 5.69 Å². The van der Waals surface area contributed by atoms with Gasteiger partial charge in [-0.2, -0.15) is 5.26 Å². The first-order valence-corrected chi connectivity index (χ1v) is 7.09. The summed E-state index contributed by atoms with van der Waals surface area (Å²) in [5.41, 5.74) is 2.36. The molecule has 0 aliphatic heterocycles. The fourth-order valence-electron chi connectivity index (χ4n) is 2.07. The lowest BCUT2D eigenvalue weighted by Gasteiger charge is -2.18. The standard InChI is InChI=1S/C18H18N2O3/c1-13-5-4-6-15(9-13)20(2)18(21)12-23-16-8-7-14(11-19)10-17(16)22-3/h4-10H,12H2,1-3H3. The second-order valence-corrected chi connectivity index (χ2v) is 5.06. The van der Waals surface area contributed by atoms with Crippen molar-refractivity contribution in [2.75, 3.05) is 25.7 Å². The highest BCUT2D eigenvalue weighted by molar-refractivity contribution is 5.94. The van der Waals surface area contributed by atoms with Gasteiger partial charge in [0, 0.05) is 18.8 Å². The Bertz CT molecular complexity index is 750. The van der Waals surface area contributed by atoms with E-state index in [4.69, 9.17) is 14.7 Å². The number of hydrogen-bond acceptors (Lipinski definition) is 4. The molecule has 2 aromatic rings. The topological polar surface area (TPSA) is 62.6 Å². The van der Waals surface area contributed by atoms with Crippen LogP contribution in [0.2, 0.25) is 0 Å². The zero-order valence-electron chi connectivity index (χ0n) is 13.4. The molecule has 0 N–H and O–H groups in total. The highest BCUT2D eigenvalue weighted by Gasteiger charge is 2.13. The lowest BCUT2D eigenvalue weighted by Crippen LogP contribution is -2.31. The Balaban J connectivity index is 2.06. The maximum Gasteiger partial charge on any atom is 0.264 e. The molecule has 0 unspecified atom stereocenters. The summed E-state index contributed by atoms with van der Waals surface area (Å²) in [4.78, 5) is 13.8. The summed E-state index contributed by atoms with van der Waals surface area (Å²) in [6.45, 7) is 1.85. The van der Waals surface area contributed by atoms with Crippen molar-refractivity contribution in [1.82, 2.24) is 0 Å². The van der Waals surface area contributed by atoms with E-state index in [0.717, 1.165) is 11.3 Å². The Morgan fingerprint density at radius 2 is 2.00 bits per heavy atom. The number of carbonyl (C=O) groups is 1. The second kappa shape index (κ2) is 7.32. The van der Waals surface area contributed by atoms with E-state index in [1.165, 1.54) is 7.11 Å². The van der Waals surface area contributed by atoms with Crippen molar-refractivity contribution in [3.63, 3.8) is 0 Å². The average Bonchev–Trinajstić information content (AvgIpc) is 2.58. The number of methoxy groups -OCH3 is 1. The van der Waals surface area contributed by atoms with Gasteiger partial charge in [-0.05, 0) is 36.8 Å². The minimum atomic E-state index is -0.179. The zero-order chi connectivity index (χ0) is 16.8. The van der Waals surface area contributed by atoms with Crippen LogP contribution < -0.4 is 14.4 Å². The van der Waals surface area contributed by atoms with Crippen molar-refractivity contribution in [2.45, 2.75) is 6.92 Å². The average molecular weight is 310 g/mol. The van der Waals surface area contributed by atoms with Gasteiger partial charge in [-0.1, -0.05) is 12.1 Å². The summed E-state index contributed by atoms with van der Waals surface area (Å²) in [5, 5.41) is 8.88. The van der Waals surface area contributed by atoms with Crippen molar-refractivity contribution in [1.29, 1.82) is 5.26 Å². The zero-order valence-corrected chi connectivity index (χ0v) is 13.4. The molecular weight excluding hydrogens is 292 g/mol. The monoisotopic (exact) mass is 310 g/mol. The van der Waals surface area contributed by atoms with Crippen LogP contribution in [-0.2, 0) is 4.79 Å². The molecule has 5 nitrogen and oxygen atoms in total. The predicted octanol–water partition coefficient (Wildman–Crippen LogP) is 2.92. The number of nitrogens with zero attached hydrogens (tertiary/aromatic N) is 2. The van der Waals surface area contributed by atoms with Crippen LogP contribution in [0.15, 0.2) is 42.5 Å². The molecule has 2 aromatic carbocycles. The number of carbonyl (C=O) groups excluding carboxylic acids is 1. The van der Waals surface area contributed by atoms with Crippen LogP contribution in [0.3, 0.4) is 0 Å². The number of benzene rings is 2. The van der Waals surface area contributed by atoms with E-state index in [1.807, 2.05) is 37.3 Å². The van der Waals surface area contributed by atoms with Crippen LogP contribution >= 0.6 is 0 Å². The Kier molecular flexibility index (Phi) is 5.21. The van der Waals surface area contributed by atoms with Gasteiger partial charge in [0.1, 0.15) is 0 Å². The van der Waals surface area contributed by atoms with Crippen molar-refractivity contribution < 1.29 is 14.3 Å². The van der Waals surface area contributed by atoms with Crippen molar-refractivity contribution >= 4 is 11.6 Å². The number of ether oxygens (including phenoxy) is 2. The van der Waals surface area contributed by atoms with Crippen molar-refractivity contribution in [3.8, 4) is 17.6 Å². The summed E-state index contributed by atoms with van der Waals surface area (Å²) >= 11 is 0. The second-order valence-electron chi connectivity index (χ2n) is 5.06. The summed E-state index contributed by atoms with van der Waals surface area (Å²) in [5.74, 6) is 0.676. The van der Waals surface area contributed by atoms with Gasteiger partial charge in [0.2, 0.25) is 0 Å². The van der Waals surface area contributed by atoms with Gasteiger partial charge in [-0.25, -0.2) is 0 Å². The number of likely N-dealkylation sites (N-methyl/N-ethyl adjacent to an activating group) is 1. The molecule has 2 rings (SSSR count). The van der Waals surface area contributed by atoms with Gasteiger partial charge >= 0.3 is 0 Å². The molecule has 0 saturated carbocycles. The molecule has 0 saturated heterocycles. The molecule has 0 fully saturated rings. The van der Waals surface area contributed by atoms with Crippen LogP contribution in [-0.4, -0.2) is 26.7 Å². The Labute approximate surface area is 135 Å². The van der Waals surface area contributed by atoms with E-state index in [2.05, 4.69) is 0 Å². The molecule has 0 heterocycles.